The summed E-state index contributed by atoms with van der Waals surface area (Å²) in [7, 11) is 0. The highest BCUT2D eigenvalue weighted by Gasteiger charge is 2.11. The van der Waals surface area contributed by atoms with Crippen LogP contribution in [-0.4, -0.2) is 21.0 Å². The van der Waals surface area contributed by atoms with E-state index in [0.717, 1.165) is 21.3 Å². The molecule has 0 aliphatic heterocycles. The molecule has 0 radical (unpaired) electrons. The van der Waals surface area contributed by atoms with Crippen LogP contribution in [0.15, 0.2) is 51.7 Å². The van der Waals surface area contributed by atoms with Gasteiger partial charge in [-0.1, -0.05) is 11.2 Å². The molecule has 6 nitrogen and oxygen atoms in total. The number of halogens is 1. The molecular formula is C17H15BrN4O2. The molecule has 3 rings (SSSR count). The van der Waals surface area contributed by atoms with Crippen molar-refractivity contribution in [3.63, 3.8) is 0 Å². The van der Waals surface area contributed by atoms with Gasteiger partial charge in [0.1, 0.15) is 0 Å². The Hall–Kier alpha value is -2.54. The number of hydrogen-bond acceptors (Lipinski definition) is 5. The lowest BCUT2D eigenvalue weighted by Crippen LogP contribution is -2.12. The standard InChI is InChI=1S/C17H15BrN4O2/c1-11-2-3-14(13(18)10-11)20-15(23)4-5-16-21-17(22-24-16)12-6-8-19-9-7-12/h2-3,6-10H,4-5H2,1H3,(H,20,23). The quantitative estimate of drug-likeness (QED) is 0.721. The van der Waals surface area contributed by atoms with Gasteiger partial charge < -0.3 is 9.84 Å². The van der Waals surface area contributed by atoms with Crippen molar-refractivity contribution in [2.75, 3.05) is 5.32 Å². The fourth-order valence-electron chi connectivity index (χ4n) is 2.13. The first-order valence-corrected chi connectivity index (χ1v) is 8.20. The molecule has 0 spiro atoms. The Bertz CT molecular complexity index is 849. The maximum atomic E-state index is 12.1. The van der Waals surface area contributed by atoms with Gasteiger partial charge in [-0.3, -0.25) is 9.78 Å². The summed E-state index contributed by atoms with van der Waals surface area (Å²) in [6, 6.07) is 9.37. The SMILES string of the molecule is Cc1ccc(NC(=O)CCc2nc(-c3ccncc3)no2)c(Br)c1. The van der Waals surface area contributed by atoms with E-state index in [1.54, 1.807) is 24.5 Å². The van der Waals surface area contributed by atoms with E-state index < -0.39 is 0 Å². The lowest BCUT2D eigenvalue weighted by Gasteiger charge is -2.07. The number of carbonyl (C=O) groups is 1. The van der Waals surface area contributed by atoms with Gasteiger partial charge in [-0.25, -0.2) is 0 Å². The Morgan fingerprint density at radius 1 is 1.25 bits per heavy atom. The topological polar surface area (TPSA) is 80.9 Å². The summed E-state index contributed by atoms with van der Waals surface area (Å²) >= 11 is 3.44. The highest BCUT2D eigenvalue weighted by molar-refractivity contribution is 9.10. The number of anilines is 1. The first-order chi connectivity index (χ1) is 11.6. The summed E-state index contributed by atoms with van der Waals surface area (Å²) in [5.41, 5.74) is 2.69. The van der Waals surface area contributed by atoms with E-state index in [4.69, 9.17) is 4.52 Å². The largest absolute Gasteiger partial charge is 0.339 e. The number of aromatic nitrogens is 3. The van der Waals surface area contributed by atoms with Crippen molar-refractivity contribution in [3.05, 3.63) is 58.7 Å². The summed E-state index contributed by atoms with van der Waals surface area (Å²) in [4.78, 5) is 20.3. The van der Waals surface area contributed by atoms with E-state index in [2.05, 4.69) is 36.4 Å². The van der Waals surface area contributed by atoms with Crippen LogP contribution in [0.2, 0.25) is 0 Å². The Morgan fingerprint density at radius 3 is 2.79 bits per heavy atom. The summed E-state index contributed by atoms with van der Waals surface area (Å²) < 4.78 is 6.04. The number of aryl methyl sites for hydroxylation is 2. The van der Waals surface area contributed by atoms with Gasteiger partial charge in [0.05, 0.1) is 5.69 Å². The van der Waals surface area contributed by atoms with Crippen molar-refractivity contribution < 1.29 is 9.32 Å². The van der Waals surface area contributed by atoms with Crippen LogP contribution >= 0.6 is 15.9 Å². The summed E-state index contributed by atoms with van der Waals surface area (Å²) in [5.74, 6) is 0.817. The number of rotatable bonds is 5. The Morgan fingerprint density at radius 2 is 2.04 bits per heavy atom. The van der Waals surface area contributed by atoms with Gasteiger partial charge in [0.15, 0.2) is 0 Å². The van der Waals surface area contributed by atoms with E-state index in [1.165, 1.54) is 0 Å². The monoisotopic (exact) mass is 386 g/mol. The van der Waals surface area contributed by atoms with Gasteiger partial charge in [-0.15, -0.1) is 0 Å². The highest BCUT2D eigenvalue weighted by Crippen LogP contribution is 2.23. The van der Waals surface area contributed by atoms with E-state index in [0.29, 0.717) is 18.1 Å². The Balaban J connectivity index is 1.58. The second-order valence-electron chi connectivity index (χ2n) is 5.28. The molecule has 0 atom stereocenters. The number of carbonyl (C=O) groups excluding carboxylic acids is 1. The lowest BCUT2D eigenvalue weighted by atomic mass is 10.2. The van der Waals surface area contributed by atoms with E-state index in [-0.39, 0.29) is 12.3 Å². The molecule has 0 fully saturated rings. The molecule has 0 saturated heterocycles. The average molecular weight is 387 g/mol. The van der Waals surface area contributed by atoms with Gasteiger partial charge in [0.25, 0.3) is 0 Å². The van der Waals surface area contributed by atoms with Crippen LogP contribution < -0.4 is 5.32 Å². The molecule has 0 aliphatic carbocycles. The van der Waals surface area contributed by atoms with Gasteiger partial charge in [-0.05, 0) is 52.7 Å². The van der Waals surface area contributed by atoms with Crippen LogP contribution in [0.4, 0.5) is 5.69 Å². The Kier molecular flexibility index (Phi) is 5.00. The molecule has 1 N–H and O–H groups in total. The maximum absolute atomic E-state index is 12.1. The van der Waals surface area contributed by atoms with Crippen molar-refractivity contribution in [2.24, 2.45) is 0 Å². The zero-order valence-electron chi connectivity index (χ0n) is 13.0. The molecular weight excluding hydrogens is 372 g/mol. The van der Waals surface area contributed by atoms with Crippen molar-refractivity contribution in [2.45, 2.75) is 19.8 Å². The van der Waals surface area contributed by atoms with E-state index in [1.807, 2.05) is 25.1 Å². The summed E-state index contributed by atoms with van der Waals surface area (Å²) in [5, 5.41) is 6.78. The van der Waals surface area contributed by atoms with Crippen LogP contribution in [0, 0.1) is 6.92 Å². The predicted octanol–water partition coefficient (Wildman–Crippen LogP) is 3.77. The van der Waals surface area contributed by atoms with Crippen LogP contribution in [0.5, 0.6) is 0 Å². The van der Waals surface area contributed by atoms with E-state index >= 15 is 0 Å². The molecule has 2 aromatic heterocycles. The van der Waals surface area contributed by atoms with Gasteiger partial charge >= 0.3 is 0 Å². The van der Waals surface area contributed by atoms with Crippen molar-refractivity contribution in [1.29, 1.82) is 0 Å². The molecule has 24 heavy (non-hydrogen) atoms. The van der Waals surface area contributed by atoms with Gasteiger partial charge in [0, 0.05) is 35.3 Å². The normalized spacial score (nSPS) is 10.6. The van der Waals surface area contributed by atoms with Crippen LogP contribution in [0.3, 0.4) is 0 Å². The predicted molar refractivity (Wildman–Crippen MR) is 93.4 cm³/mol. The van der Waals surface area contributed by atoms with Crippen LogP contribution in [-0.2, 0) is 11.2 Å². The van der Waals surface area contributed by atoms with Crippen molar-refractivity contribution >= 4 is 27.5 Å². The fourth-order valence-corrected chi connectivity index (χ4v) is 2.72. The third-order valence-corrected chi connectivity index (χ3v) is 4.03. The number of nitrogens with zero attached hydrogens (tertiary/aromatic N) is 3. The maximum Gasteiger partial charge on any atom is 0.227 e. The highest BCUT2D eigenvalue weighted by atomic mass is 79.9. The Labute approximate surface area is 147 Å². The molecule has 0 saturated carbocycles. The number of hydrogen-bond donors (Lipinski definition) is 1. The third-order valence-electron chi connectivity index (χ3n) is 3.37. The second kappa shape index (κ2) is 7.35. The summed E-state index contributed by atoms with van der Waals surface area (Å²) in [6.45, 7) is 1.99. The van der Waals surface area contributed by atoms with Gasteiger partial charge in [0.2, 0.25) is 17.6 Å². The number of benzene rings is 1. The third kappa shape index (κ3) is 4.05. The van der Waals surface area contributed by atoms with Crippen molar-refractivity contribution in [1.82, 2.24) is 15.1 Å². The molecule has 0 bridgehead atoms. The minimum atomic E-state index is -0.108. The zero-order chi connectivity index (χ0) is 16.9. The first-order valence-electron chi connectivity index (χ1n) is 7.41. The van der Waals surface area contributed by atoms with Crippen molar-refractivity contribution in [3.8, 4) is 11.4 Å². The molecule has 2 heterocycles. The first kappa shape index (κ1) is 16.3. The summed E-state index contributed by atoms with van der Waals surface area (Å²) in [6.07, 6.45) is 3.97. The fraction of sp³-hybridized carbons (Fsp3) is 0.176. The number of pyridine rings is 1. The molecule has 122 valence electrons. The van der Waals surface area contributed by atoms with Crippen LogP contribution in [0.1, 0.15) is 17.9 Å². The van der Waals surface area contributed by atoms with E-state index in [9.17, 15) is 4.79 Å². The smallest absolute Gasteiger partial charge is 0.227 e. The molecule has 1 aromatic carbocycles. The average Bonchev–Trinajstić information content (AvgIpc) is 3.05. The molecule has 0 aliphatic rings. The lowest BCUT2D eigenvalue weighted by molar-refractivity contribution is -0.116. The molecule has 1 amide bonds. The number of amides is 1. The molecule has 3 aromatic rings. The van der Waals surface area contributed by atoms with Gasteiger partial charge in [-0.2, -0.15) is 4.98 Å². The minimum Gasteiger partial charge on any atom is -0.339 e. The zero-order valence-corrected chi connectivity index (χ0v) is 14.6. The van der Waals surface area contributed by atoms with Crippen LogP contribution in [0.25, 0.3) is 11.4 Å². The molecule has 7 heteroatoms. The minimum absolute atomic E-state index is 0.108. The molecule has 0 unspecified atom stereocenters. The number of nitrogens with one attached hydrogen (secondary N) is 1. The second-order valence-corrected chi connectivity index (χ2v) is 6.13.